The van der Waals surface area contributed by atoms with Crippen molar-refractivity contribution in [3.8, 4) is 0 Å². The number of carbonyl (C=O) groups is 1. The topological polar surface area (TPSA) is 32.8 Å². The Morgan fingerprint density at radius 3 is 2.43 bits per heavy atom. The fourth-order valence-corrected chi connectivity index (χ4v) is 2.98. The third-order valence-corrected chi connectivity index (χ3v) is 4.24. The van der Waals surface area contributed by atoms with Gasteiger partial charge in [-0.1, -0.05) is 0 Å². The van der Waals surface area contributed by atoms with E-state index in [0.717, 1.165) is 38.0 Å². The lowest BCUT2D eigenvalue weighted by atomic mass is 10.1. The van der Waals surface area contributed by atoms with Gasteiger partial charge in [-0.2, -0.15) is 0 Å². The van der Waals surface area contributed by atoms with E-state index in [1.165, 1.54) is 12.1 Å². The molecule has 1 atom stereocenters. The summed E-state index contributed by atoms with van der Waals surface area (Å²) < 4.78 is 18.5. The summed E-state index contributed by atoms with van der Waals surface area (Å²) in [6, 6.07) is 6.53. The van der Waals surface area contributed by atoms with Gasteiger partial charge in [-0.3, -0.25) is 4.79 Å². The molecular formula is C16H21FN2O2. The van der Waals surface area contributed by atoms with Gasteiger partial charge in [0.05, 0.1) is 0 Å². The number of hydrogen-bond donors (Lipinski definition) is 0. The predicted molar refractivity (Wildman–Crippen MR) is 78.8 cm³/mol. The molecule has 21 heavy (non-hydrogen) atoms. The Labute approximate surface area is 124 Å². The molecule has 4 nitrogen and oxygen atoms in total. The molecule has 2 aliphatic heterocycles. The van der Waals surface area contributed by atoms with Crippen molar-refractivity contribution < 1.29 is 13.9 Å². The average Bonchev–Trinajstić information content (AvgIpc) is 2.56. The van der Waals surface area contributed by atoms with Crippen molar-refractivity contribution in [1.29, 1.82) is 0 Å². The average molecular weight is 292 g/mol. The minimum Gasteiger partial charge on any atom is -0.368 e. The number of rotatable bonds is 2. The van der Waals surface area contributed by atoms with E-state index in [-0.39, 0.29) is 17.8 Å². The lowest BCUT2D eigenvalue weighted by molar-refractivity contribution is -0.146. The van der Waals surface area contributed by atoms with Crippen LogP contribution in [0.1, 0.15) is 19.3 Å². The van der Waals surface area contributed by atoms with E-state index in [4.69, 9.17) is 4.74 Å². The number of hydrogen-bond acceptors (Lipinski definition) is 3. The summed E-state index contributed by atoms with van der Waals surface area (Å²) in [6.45, 7) is 3.67. The van der Waals surface area contributed by atoms with Gasteiger partial charge < -0.3 is 14.5 Å². The summed E-state index contributed by atoms with van der Waals surface area (Å²) >= 11 is 0. The third-order valence-electron chi connectivity index (χ3n) is 4.24. The molecule has 5 heteroatoms. The van der Waals surface area contributed by atoms with Gasteiger partial charge in [0.2, 0.25) is 0 Å². The largest absolute Gasteiger partial charge is 0.368 e. The highest BCUT2D eigenvalue weighted by molar-refractivity contribution is 5.81. The molecule has 0 N–H and O–H groups in total. The van der Waals surface area contributed by atoms with Crippen LogP contribution in [0.15, 0.2) is 24.3 Å². The second-order valence-corrected chi connectivity index (χ2v) is 5.64. The van der Waals surface area contributed by atoms with E-state index in [9.17, 15) is 9.18 Å². The maximum absolute atomic E-state index is 12.9. The van der Waals surface area contributed by atoms with Crippen LogP contribution in [0.25, 0.3) is 0 Å². The first kappa shape index (κ1) is 14.3. The highest BCUT2D eigenvalue weighted by Crippen LogP contribution is 2.19. The zero-order valence-electron chi connectivity index (χ0n) is 12.1. The summed E-state index contributed by atoms with van der Waals surface area (Å²) in [5, 5.41) is 0. The summed E-state index contributed by atoms with van der Waals surface area (Å²) in [7, 11) is 0. The van der Waals surface area contributed by atoms with Crippen LogP contribution < -0.4 is 4.90 Å². The third kappa shape index (κ3) is 3.35. The first-order chi connectivity index (χ1) is 10.2. The smallest absolute Gasteiger partial charge is 0.251 e. The first-order valence-corrected chi connectivity index (χ1v) is 7.65. The van der Waals surface area contributed by atoms with E-state index in [0.29, 0.717) is 19.7 Å². The van der Waals surface area contributed by atoms with Crippen molar-refractivity contribution in [2.75, 3.05) is 37.7 Å². The first-order valence-electron chi connectivity index (χ1n) is 7.65. The summed E-state index contributed by atoms with van der Waals surface area (Å²) in [4.78, 5) is 16.5. The minimum absolute atomic E-state index is 0.133. The van der Waals surface area contributed by atoms with Crippen molar-refractivity contribution >= 4 is 11.6 Å². The molecular weight excluding hydrogens is 271 g/mol. The minimum atomic E-state index is -0.240. The van der Waals surface area contributed by atoms with Gasteiger partial charge in [-0.25, -0.2) is 4.39 Å². The van der Waals surface area contributed by atoms with E-state index in [1.807, 2.05) is 4.90 Å². The molecule has 114 valence electrons. The highest BCUT2D eigenvalue weighted by Gasteiger charge is 2.29. The number of anilines is 1. The molecule has 1 aromatic rings. The van der Waals surface area contributed by atoms with E-state index in [1.54, 1.807) is 12.1 Å². The van der Waals surface area contributed by atoms with Gasteiger partial charge in [0.25, 0.3) is 5.91 Å². The van der Waals surface area contributed by atoms with E-state index >= 15 is 0 Å². The number of piperazine rings is 1. The molecule has 0 radical (unpaired) electrons. The number of carbonyl (C=O) groups excluding carboxylic acids is 1. The molecule has 1 aromatic carbocycles. The SMILES string of the molecule is O=C(C1CCCCO1)N1CCN(c2ccc(F)cc2)CC1. The second kappa shape index (κ2) is 6.43. The molecule has 2 saturated heterocycles. The fourth-order valence-electron chi connectivity index (χ4n) is 2.98. The Morgan fingerprint density at radius 1 is 1.10 bits per heavy atom. The maximum Gasteiger partial charge on any atom is 0.251 e. The Morgan fingerprint density at radius 2 is 1.81 bits per heavy atom. The Bertz CT molecular complexity index is 478. The van der Waals surface area contributed by atoms with Gasteiger partial charge >= 0.3 is 0 Å². The van der Waals surface area contributed by atoms with E-state index in [2.05, 4.69) is 4.90 Å². The Balaban J connectivity index is 1.54. The molecule has 0 saturated carbocycles. The zero-order chi connectivity index (χ0) is 14.7. The molecule has 3 rings (SSSR count). The van der Waals surface area contributed by atoms with Crippen molar-refractivity contribution in [2.45, 2.75) is 25.4 Å². The van der Waals surface area contributed by atoms with Crippen LogP contribution >= 0.6 is 0 Å². The van der Waals surface area contributed by atoms with Gasteiger partial charge in [-0.05, 0) is 43.5 Å². The standard InChI is InChI=1S/C16H21FN2O2/c17-13-4-6-14(7-5-13)18-8-10-19(11-9-18)16(20)15-3-1-2-12-21-15/h4-7,15H,1-3,8-12H2. The number of amides is 1. The van der Waals surface area contributed by atoms with Crippen LogP contribution in [0.4, 0.5) is 10.1 Å². The molecule has 2 aliphatic rings. The van der Waals surface area contributed by atoms with Crippen LogP contribution in [0.2, 0.25) is 0 Å². The van der Waals surface area contributed by atoms with Crippen LogP contribution in [0, 0.1) is 5.82 Å². The van der Waals surface area contributed by atoms with Crippen molar-refractivity contribution in [3.63, 3.8) is 0 Å². The Kier molecular flexibility index (Phi) is 4.39. The monoisotopic (exact) mass is 292 g/mol. The van der Waals surface area contributed by atoms with Gasteiger partial charge in [0, 0.05) is 38.5 Å². The molecule has 1 amide bonds. The number of ether oxygens (including phenoxy) is 1. The number of nitrogens with zero attached hydrogens (tertiary/aromatic N) is 2. The fraction of sp³-hybridized carbons (Fsp3) is 0.562. The van der Waals surface area contributed by atoms with Crippen molar-refractivity contribution in [3.05, 3.63) is 30.1 Å². The Hall–Kier alpha value is -1.62. The second-order valence-electron chi connectivity index (χ2n) is 5.64. The molecule has 0 aliphatic carbocycles. The maximum atomic E-state index is 12.9. The van der Waals surface area contributed by atoms with Crippen molar-refractivity contribution in [1.82, 2.24) is 4.90 Å². The van der Waals surface area contributed by atoms with Crippen molar-refractivity contribution in [2.24, 2.45) is 0 Å². The van der Waals surface area contributed by atoms with Gasteiger partial charge in [0.1, 0.15) is 11.9 Å². The van der Waals surface area contributed by atoms with Crippen LogP contribution in [-0.4, -0.2) is 49.7 Å². The summed E-state index contributed by atoms with van der Waals surface area (Å²) in [5.74, 6) is -0.0875. The highest BCUT2D eigenvalue weighted by atomic mass is 19.1. The number of halogens is 1. The molecule has 0 bridgehead atoms. The number of benzene rings is 1. The lowest BCUT2D eigenvalue weighted by Gasteiger charge is -2.38. The molecule has 1 unspecified atom stereocenters. The molecule has 2 heterocycles. The summed E-state index contributed by atoms with van der Waals surface area (Å²) in [5.41, 5.74) is 1.01. The van der Waals surface area contributed by atoms with Gasteiger partial charge in [-0.15, -0.1) is 0 Å². The van der Waals surface area contributed by atoms with Crippen LogP contribution in [0.5, 0.6) is 0 Å². The summed E-state index contributed by atoms with van der Waals surface area (Å²) in [6.07, 6.45) is 2.74. The molecule has 2 fully saturated rings. The lowest BCUT2D eigenvalue weighted by Crippen LogP contribution is -2.52. The molecule has 0 spiro atoms. The van der Waals surface area contributed by atoms with E-state index < -0.39 is 0 Å². The quantitative estimate of drug-likeness (QED) is 0.836. The zero-order valence-corrected chi connectivity index (χ0v) is 12.1. The van der Waals surface area contributed by atoms with Crippen LogP contribution in [0.3, 0.4) is 0 Å². The predicted octanol–water partition coefficient (Wildman–Crippen LogP) is 2.04. The molecule has 0 aromatic heterocycles. The van der Waals surface area contributed by atoms with Crippen LogP contribution in [-0.2, 0) is 9.53 Å². The normalized spacial score (nSPS) is 23.2. The van der Waals surface area contributed by atoms with Gasteiger partial charge in [0.15, 0.2) is 0 Å².